The van der Waals surface area contributed by atoms with Gasteiger partial charge in [-0.05, 0) is 78.7 Å². The number of nitrogens with one attached hydrogen (secondary N) is 1. The molecule has 2 aliphatic rings. The predicted octanol–water partition coefficient (Wildman–Crippen LogP) is 6.47. The largest absolute Gasteiger partial charge is 0.507 e. The van der Waals surface area contributed by atoms with E-state index in [-0.39, 0.29) is 24.3 Å². The minimum Gasteiger partial charge on any atom is -0.507 e. The maximum atomic E-state index is 13.6. The average Bonchev–Trinajstić information content (AvgIpc) is 3.44. The molecule has 5 rings (SSSR count). The first-order valence-electron chi connectivity index (χ1n) is 13.6. The third-order valence-corrected chi connectivity index (χ3v) is 7.49. The summed E-state index contributed by atoms with van der Waals surface area (Å²) in [5, 5.41) is 15.1. The van der Waals surface area contributed by atoms with Crippen LogP contribution in [-0.2, 0) is 17.8 Å². The molecule has 1 amide bonds. The summed E-state index contributed by atoms with van der Waals surface area (Å²) in [6.07, 6.45) is 2.76. The summed E-state index contributed by atoms with van der Waals surface area (Å²) < 4.78 is 13.2. The molecule has 3 aromatic rings. The van der Waals surface area contributed by atoms with Crippen LogP contribution in [0.15, 0.2) is 24.3 Å². The zero-order valence-corrected chi connectivity index (χ0v) is 23.9. The molecule has 0 radical (unpaired) electrons. The fourth-order valence-electron chi connectivity index (χ4n) is 5.41. The number of halogens is 1. The first kappa shape index (κ1) is 27.3. The molecule has 39 heavy (non-hydrogen) atoms. The number of piperidine rings is 1. The maximum Gasteiger partial charge on any atom is 0.419 e. The van der Waals surface area contributed by atoms with Gasteiger partial charge in [0.05, 0.1) is 27.9 Å². The van der Waals surface area contributed by atoms with Gasteiger partial charge >= 0.3 is 6.09 Å². The summed E-state index contributed by atoms with van der Waals surface area (Å²) in [5.74, 6) is 0.261. The summed E-state index contributed by atoms with van der Waals surface area (Å²) in [6, 6.07) is 7.15. The van der Waals surface area contributed by atoms with E-state index in [2.05, 4.69) is 10.2 Å². The zero-order valence-electron chi connectivity index (χ0n) is 23.2. The molecule has 0 atom stereocenters. The minimum absolute atomic E-state index is 0.121. The molecular weight excluding hydrogens is 518 g/mol. The fraction of sp³-hybridized carbons (Fsp3) is 0.467. The fourth-order valence-corrected chi connectivity index (χ4v) is 5.67. The predicted molar refractivity (Wildman–Crippen MR) is 152 cm³/mol. The Morgan fingerprint density at radius 3 is 2.54 bits per heavy atom. The maximum absolute atomic E-state index is 13.6. The van der Waals surface area contributed by atoms with Crippen LogP contribution < -0.4 is 10.1 Å². The first-order chi connectivity index (χ1) is 18.4. The smallest absolute Gasteiger partial charge is 0.419 e. The summed E-state index contributed by atoms with van der Waals surface area (Å²) in [7, 11) is 0. The monoisotopic (exact) mass is 553 g/mol. The average molecular weight is 554 g/mol. The van der Waals surface area contributed by atoms with Gasteiger partial charge in [-0.15, -0.1) is 0 Å². The Labute approximate surface area is 233 Å². The van der Waals surface area contributed by atoms with E-state index in [1.165, 1.54) is 11.0 Å². The standard InChI is InChI=1S/C30H36ClN3O5/c1-17(2)38-24-14-19(25-21(26(24)31)15-32-28(25)36)23-13-20-22(34(23)29(37)39-30(3,4)5)10-9-18(27(20)35)16-33-11-7-6-8-12-33/h9-10,13-14,17,35H,6-8,11-12,15-16H2,1-5H3,(H,32,36). The second-order valence-electron chi connectivity index (χ2n) is 11.6. The molecule has 2 N–H and O–H groups in total. The number of aromatic nitrogens is 1. The second-order valence-corrected chi connectivity index (χ2v) is 12.0. The van der Waals surface area contributed by atoms with Crippen LogP contribution in [-0.4, -0.2) is 51.4 Å². The lowest BCUT2D eigenvalue weighted by molar-refractivity contribution is 0.0546. The van der Waals surface area contributed by atoms with Crippen molar-refractivity contribution in [1.82, 2.24) is 14.8 Å². The van der Waals surface area contributed by atoms with E-state index in [4.69, 9.17) is 21.1 Å². The highest BCUT2D eigenvalue weighted by molar-refractivity contribution is 6.34. The van der Waals surface area contributed by atoms with Crippen LogP contribution >= 0.6 is 11.6 Å². The van der Waals surface area contributed by atoms with E-state index in [0.29, 0.717) is 50.6 Å². The van der Waals surface area contributed by atoms with Gasteiger partial charge in [0.15, 0.2) is 0 Å². The third kappa shape index (κ3) is 5.32. The van der Waals surface area contributed by atoms with Gasteiger partial charge in [-0.2, -0.15) is 0 Å². The third-order valence-electron chi connectivity index (χ3n) is 7.08. The Hall–Kier alpha value is -3.23. The van der Waals surface area contributed by atoms with Gasteiger partial charge in [-0.3, -0.25) is 9.69 Å². The molecule has 208 valence electrons. The minimum atomic E-state index is -0.758. The number of phenolic OH excluding ortho intramolecular Hbond substituents is 1. The molecule has 2 aromatic carbocycles. The molecule has 0 unspecified atom stereocenters. The molecule has 1 saturated heterocycles. The van der Waals surface area contributed by atoms with Gasteiger partial charge in [0.25, 0.3) is 5.91 Å². The van der Waals surface area contributed by atoms with Gasteiger partial charge in [0, 0.05) is 35.2 Å². The molecule has 0 saturated carbocycles. The number of aromatic hydroxyl groups is 1. The van der Waals surface area contributed by atoms with Gasteiger partial charge < -0.3 is 19.9 Å². The van der Waals surface area contributed by atoms with Crippen LogP contribution in [0.4, 0.5) is 4.79 Å². The van der Waals surface area contributed by atoms with Gasteiger partial charge in [-0.25, -0.2) is 9.36 Å². The van der Waals surface area contributed by atoms with Crippen molar-refractivity contribution in [2.75, 3.05) is 13.1 Å². The van der Waals surface area contributed by atoms with Crippen molar-refractivity contribution >= 4 is 34.5 Å². The lowest BCUT2D eigenvalue weighted by atomic mass is 9.99. The number of carbonyl (C=O) groups is 2. The van der Waals surface area contributed by atoms with Crippen LogP contribution in [0.25, 0.3) is 22.2 Å². The van der Waals surface area contributed by atoms with Gasteiger partial charge in [0.2, 0.25) is 0 Å². The molecular formula is C30H36ClN3O5. The van der Waals surface area contributed by atoms with Crippen molar-refractivity contribution in [3.63, 3.8) is 0 Å². The molecule has 1 aromatic heterocycles. The number of hydrogen-bond donors (Lipinski definition) is 2. The first-order valence-corrected chi connectivity index (χ1v) is 13.9. The van der Waals surface area contributed by atoms with E-state index in [1.807, 2.05) is 26.0 Å². The van der Waals surface area contributed by atoms with Crippen molar-refractivity contribution in [1.29, 1.82) is 0 Å². The normalized spacial score (nSPS) is 16.0. The summed E-state index contributed by atoms with van der Waals surface area (Å²) in [6.45, 7) is 12.1. The zero-order chi connectivity index (χ0) is 28.1. The van der Waals surface area contributed by atoms with Gasteiger partial charge in [0.1, 0.15) is 17.1 Å². The molecule has 0 bridgehead atoms. The Bertz CT molecular complexity index is 1450. The number of nitrogens with zero attached hydrogens (tertiary/aromatic N) is 2. The number of phenols is 1. The Kier molecular flexibility index (Phi) is 7.29. The number of rotatable bonds is 5. The number of benzene rings is 2. The number of likely N-dealkylation sites (tertiary alicyclic amines) is 1. The SMILES string of the molecule is CC(C)Oc1cc(-c2cc3c(O)c(CN4CCCCC4)ccc3n2C(=O)OC(C)(C)C)c2c(c1Cl)CNC2=O. The van der Waals surface area contributed by atoms with Crippen LogP contribution in [0, 0.1) is 0 Å². The molecule has 2 aliphatic heterocycles. The van der Waals surface area contributed by atoms with Crippen molar-refractivity contribution in [2.45, 2.75) is 78.7 Å². The van der Waals surface area contributed by atoms with E-state index in [9.17, 15) is 14.7 Å². The highest BCUT2D eigenvalue weighted by atomic mass is 35.5. The summed E-state index contributed by atoms with van der Waals surface area (Å²) in [5.41, 5.74) is 2.43. The quantitative estimate of drug-likeness (QED) is 0.376. The molecule has 9 heteroatoms. The summed E-state index contributed by atoms with van der Waals surface area (Å²) >= 11 is 6.67. The summed E-state index contributed by atoms with van der Waals surface area (Å²) in [4.78, 5) is 29.0. The lowest BCUT2D eigenvalue weighted by Crippen LogP contribution is -2.29. The second kappa shape index (κ2) is 10.4. The Balaban J connectivity index is 1.73. The van der Waals surface area contributed by atoms with Crippen molar-refractivity contribution in [3.8, 4) is 22.8 Å². The van der Waals surface area contributed by atoms with Crippen LogP contribution in [0.3, 0.4) is 0 Å². The number of ether oxygens (including phenoxy) is 2. The van der Waals surface area contributed by atoms with Crippen LogP contribution in [0.2, 0.25) is 5.02 Å². The van der Waals surface area contributed by atoms with Crippen molar-refractivity contribution in [2.24, 2.45) is 0 Å². The van der Waals surface area contributed by atoms with E-state index in [1.54, 1.807) is 32.9 Å². The number of fused-ring (bicyclic) bond motifs is 2. The van der Waals surface area contributed by atoms with E-state index in [0.717, 1.165) is 31.5 Å². The van der Waals surface area contributed by atoms with E-state index >= 15 is 0 Å². The highest BCUT2D eigenvalue weighted by Gasteiger charge is 2.32. The lowest BCUT2D eigenvalue weighted by Gasteiger charge is -2.26. The molecule has 1 fully saturated rings. The number of carbonyl (C=O) groups excluding carboxylic acids is 2. The van der Waals surface area contributed by atoms with Crippen LogP contribution in [0.1, 0.15) is 75.4 Å². The van der Waals surface area contributed by atoms with Crippen LogP contribution in [0.5, 0.6) is 11.5 Å². The topological polar surface area (TPSA) is 93.0 Å². The van der Waals surface area contributed by atoms with Gasteiger partial charge in [-0.1, -0.05) is 24.1 Å². The Morgan fingerprint density at radius 1 is 1.15 bits per heavy atom. The molecule has 3 heterocycles. The number of amides is 1. The highest BCUT2D eigenvalue weighted by Crippen LogP contribution is 2.44. The van der Waals surface area contributed by atoms with Crippen molar-refractivity contribution in [3.05, 3.63) is 46.0 Å². The number of hydrogen-bond acceptors (Lipinski definition) is 6. The molecule has 0 aliphatic carbocycles. The van der Waals surface area contributed by atoms with Crippen molar-refractivity contribution < 1.29 is 24.2 Å². The van der Waals surface area contributed by atoms with E-state index < -0.39 is 11.7 Å². The molecule has 0 spiro atoms. The molecule has 8 nitrogen and oxygen atoms in total. The Morgan fingerprint density at radius 2 is 1.87 bits per heavy atom.